The molecule has 4 aliphatic rings. The molecular weight excluding hydrogens is 435 g/mol. The van der Waals surface area contributed by atoms with Crippen LogP contribution in [0.3, 0.4) is 0 Å². The number of ether oxygens (including phenoxy) is 1. The molecule has 1 amide bonds. The van der Waals surface area contributed by atoms with Gasteiger partial charge in [-0.3, -0.25) is 26.2 Å². The molecule has 0 bridgehead atoms. The molecule has 1 aromatic rings. The SMILES string of the molecule is CC1NN(C)C2C(NC3C[C@H](NC(=O)COc4ccc(Cl)c(F)c4)C4CCC34)NCNC12. The van der Waals surface area contributed by atoms with Crippen LogP contribution in [0, 0.1) is 17.7 Å². The fourth-order valence-corrected chi connectivity index (χ4v) is 6.16. The minimum Gasteiger partial charge on any atom is -0.484 e. The average molecular weight is 467 g/mol. The Morgan fingerprint density at radius 1 is 1.28 bits per heavy atom. The molecule has 0 spiro atoms. The quantitative estimate of drug-likeness (QED) is 0.423. The van der Waals surface area contributed by atoms with E-state index in [9.17, 15) is 9.18 Å². The van der Waals surface area contributed by atoms with Gasteiger partial charge < -0.3 is 10.1 Å². The fraction of sp³-hybridized carbons (Fsp3) is 0.682. The van der Waals surface area contributed by atoms with Crippen molar-refractivity contribution in [2.75, 3.05) is 20.3 Å². The number of fused-ring (bicyclic) bond motifs is 2. The number of carbonyl (C=O) groups is 1. The van der Waals surface area contributed by atoms with Crippen LogP contribution < -0.4 is 31.4 Å². The Morgan fingerprint density at radius 2 is 2.06 bits per heavy atom. The lowest BCUT2D eigenvalue weighted by Crippen LogP contribution is -2.69. The molecule has 10 heteroatoms. The molecule has 2 saturated heterocycles. The molecule has 2 saturated carbocycles. The van der Waals surface area contributed by atoms with Crippen LogP contribution in [0.5, 0.6) is 5.75 Å². The van der Waals surface area contributed by atoms with Crippen LogP contribution in [0.1, 0.15) is 26.2 Å². The van der Waals surface area contributed by atoms with Gasteiger partial charge in [-0.25, -0.2) is 9.40 Å². The van der Waals surface area contributed by atoms with E-state index >= 15 is 0 Å². The van der Waals surface area contributed by atoms with Crippen molar-refractivity contribution >= 4 is 17.5 Å². The van der Waals surface area contributed by atoms with E-state index in [1.54, 1.807) is 6.07 Å². The number of nitrogens with one attached hydrogen (secondary N) is 5. The van der Waals surface area contributed by atoms with Crippen molar-refractivity contribution in [3.63, 3.8) is 0 Å². The van der Waals surface area contributed by atoms with Crippen molar-refractivity contribution in [3.05, 3.63) is 29.0 Å². The second-order valence-electron chi connectivity index (χ2n) is 9.56. The van der Waals surface area contributed by atoms with Crippen LogP contribution in [0.4, 0.5) is 4.39 Å². The van der Waals surface area contributed by atoms with Crippen LogP contribution in [-0.4, -0.2) is 67.6 Å². The predicted molar refractivity (Wildman–Crippen MR) is 119 cm³/mol. The maximum Gasteiger partial charge on any atom is 0.258 e. The molecule has 1 aromatic carbocycles. The van der Waals surface area contributed by atoms with Gasteiger partial charge in [0.25, 0.3) is 5.91 Å². The molecular formula is C22H32ClFN6O2. The molecule has 7 unspecified atom stereocenters. The summed E-state index contributed by atoms with van der Waals surface area (Å²) < 4.78 is 19.0. The first-order valence-corrected chi connectivity index (χ1v) is 11.9. The lowest BCUT2D eigenvalue weighted by Gasteiger charge is -2.42. The average Bonchev–Trinajstić information content (AvgIpc) is 3.14. The maximum atomic E-state index is 13.6. The van der Waals surface area contributed by atoms with Gasteiger partial charge in [0.05, 0.1) is 17.2 Å². The van der Waals surface area contributed by atoms with Gasteiger partial charge in [-0.15, -0.1) is 0 Å². The number of amides is 1. The third kappa shape index (κ3) is 4.22. The lowest BCUT2D eigenvalue weighted by molar-refractivity contribution is -0.124. The van der Waals surface area contributed by atoms with Crippen LogP contribution in [0.15, 0.2) is 18.2 Å². The normalized spacial score (nSPS) is 38.6. The smallest absolute Gasteiger partial charge is 0.258 e. The Balaban J connectivity index is 1.15. The predicted octanol–water partition coefficient (Wildman–Crippen LogP) is 0.783. The largest absolute Gasteiger partial charge is 0.484 e. The molecule has 2 aliphatic heterocycles. The summed E-state index contributed by atoms with van der Waals surface area (Å²) in [6.45, 7) is 2.85. The number of hydrazine groups is 1. The van der Waals surface area contributed by atoms with E-state index in [2.05, 4.69) is 45.7 Å². The first-order valence-electron chi connectivity index (χ1n) is 11.5. The van der Waals surface area contributed by atoms with Crippen LogP contribution in [0.25, 0.3) is 0 Å². The second-order valence-corrected chi connectivity index (χ2v) is 9.97. The molecule has 5 rings (SSSR count). The summed E-state index contributed by atoms with van der Waals surface area (Å²) in [4.78, 5) is 12.5. The fourth-order valence-electron chi connectivity index (χ4n) is 6.04. The number of nitrogens with zero attached hydrogens (tertiary/aromatic N) is 1. The molecule has 2 heterocycles. The van der Waals surface area contributed by atoms with Gasteiger partial charge in [0.15, 0.2) is 6.61 Å². The van der Waals surface area contributed by atoms with Gasteiger partial charge >= 0.3 is 0 Å². The minimum absolute atomic E-state index is 0.0333. The zero-order chi connectivity index (χ0) is 22.4. The molecule has 2 aliphatic carbocycles. The van der Waals surface area contributed by atoms with Gasteiger partial charge in [0, 0.05) is 44.0 Å². The van der Waals surface area contributed by atoms with Gasteiger partial charge in [-0.2, -0.15) is 0 Å². The van der Waals surface area contributed by atoms with E-state index in [1.807, 2.05) is 0 Å². The van der Waals surface area contributed by atoms with Gasteiger partial charge in [0.2, 0.25) is 0 Å². The van der Waals surface area contributed by atoms with E-state index in [-0.39, 0.29) is 29.7 Å². The number of halogens is 2. The standard InChI is InChI=1S/C22H32ClFN6O2/c1-11-20-21(30(2)29-11)22(26-10-25-20)28-18-8-17(13-4-5-14(13)18)27-19(31)9-32-12-3-6-15(23)16(24)7-12/h3,6-7,11,13-14,17-18,20-22,25-26,28-29H,4-5,8-10H2,1-2H3,(H,27,31)/t11?,13?,14?,17-,18?,20?,21?,22?/m0/s1. The minimum atomic E-state index is -0.558. The number of hydrogen-bond acceptors (Lipinski definition) is 7. The first-order chi connectivity index (χ1) is 15.4. The van der Waals surface area contributed by atoms with Crippen LogP contribution in [-0.2, 0) is 4.79 Å². The maximum absolute atomic E-state index is 13.6. The van der Waals surface area contributed by atoms with Gasteiger partial charge in [-0.05, 0) is 50.2 Å². The molecule has 0 aromatic heterocycles. The summed E-state index contributed by atoms with van der Waals surface area (Å²) >= 11 is 5.69. The highest BCUT2D eigenvalue weighted by atomic mass is 35.5. The lowest BCUT2D eigenvalue weighted by atomic mass is 9.73. The topological polar surface area (TPSA) is 89.7 Å². The molecule has 5 N–H and O–H groups in total. The summed E-state index contributed by atoms with van der Waals surface area (Å²) in [5, 5.41) is 16.4. The van der Waals surface area contributed by atoms with Crippen molar-refractivity contribution in [1.82, 2.24) is 31.7 Å². The number of likely N-dealkylation sites (N-methyl/N-ethyl adjacent to an activating group) is 1. The molecule has 0 radical (unpaired) electrons. The van der Waals surface area contributed by atoms with E-state index in [1.165, 1.54) is 18.6 Å². The van der Waals surface area contributed by atoms with E-state index in [4.69, 9.17) is 16.3 Å². The highest BCUT2D eigenvalue weighted by Crippen LogP contribution is 2.47. The van der Waals surface area contributed by atoms with Crippen molar-refractivity contribution in [1.29, 1.82) is 0 Å². The van der Waals surface area contributed by atoms with E-state index in [0.29, 0.717) is 41.8 Å². The summed E-state index contributed by atoms with van der Waals surface area (Å²) in [6.07, 6.45) is 3.43. The Labute approximate surface area is 192 Å². The molecule has 8 atom stereocenters. The monoisotopic (exact) mass is 466 g/mol. The van der Waals surface area contributed by atoms with Crippen LogP contribution in [0.2, 0.25) is 5.02 Å². The molecule has 176 valence electrons. The summed E-state index contributed by atoms with van der Waals surface area (Å²) in [6, 6.07) is 5.78. The van der Waals surface area contributed by atoms with Crippen LogP contribution >= 0.6 is 11.6 Å². The Morgan fingerprint density at radius 3 is 2.81 bits per heavy atom. The zero-order valence-corrected chi connectivity index (χ0v) is 19.2. The molecule has 32 heavy (non-hydrogen) atoms. The van der Waals surface area contributed by atoms with E-state index in [0.717, 1.165) is 19.5 Å². The van der Waals surface area contributed by atoms with Gasteiger partial charge in [-0.1, -0.05) is 11.6 Å². The molecule has 8 nitrogen and oxygen atoms in total. The van der Waals surface area contributed by atoms with Crippen molar-refractivity contribution < 1.29 is 13.9 Å². The summed E-state index contributed by atoms with van der Waals surface area (Å²) in [7, 11) is 2.10. The highest BCUT2D eigenvalue weighted by molar-refractivity contribution is 6.30. The third-order valence-corrected chi connectivity index (χ3v) is 7.99. The summed E-state index contributed by atoms with van der Waals surface area (Å²) in [5.74, 6) is 0.645. The summed E-state index contributed by atoms with van der Waals surface area (Å²) in [5.41, 5.74) is 3.51. The first kappa shape index (κ1) is 22.3. The second kappa shape index (κ2) is 9.04. The number of benzene rings is 1. The van der Waals surface area contributed by atoms with Crippen molar-refractivity contribution in [2.45, 2.75) is 62.6 Å². The highest BCUT2D eigenvalue weighted by Gasteiger charge is 2.51. The van der Waals surface area contributed by atoms with Crippen molar-refractivity contribution in [3.8, 4) is 5.75 Å². The van der Waals surface area contributed by atoms with Gasteiger partial charge in [0.1, 0.15) is 11.6 Å². The molecule has 4 fully saturated rings. The third-order valence-electron chi connectivity index (χ3n) is 7.69. The Hall–Kier alpha value is -1.49. The zero-order valence-electron chi connectivity index (χ0n) is 18.4. The Bertz CT molecular complexity index is 862. The Kier molecular flexibility index (Phi) is 6.30. The number of hydrogen-bond donors (Lipinski definition) is 5. The number of rotatable bonds is 6. The van der Waals surface area contributed by atoms with Crippen molar-refractivity contribution in [2.24, 2.45) is 11.8 Å². The number of carbonyl (C=O) groups excluding carboxylic acids is 1. The van der Waals surface area contributed by atoms with E-state index < -0.39 is 5.82 Å².